The standard InChI is InChI=1S/C16H15FN6S/c1-23-7-6-13-11(8-23)15(19-9-18-13)24-16-20-14(21-22-16)10-4-2-3-5-12(10)17/h2-5,9H,6-8H2,1H3,(H,20,21,22). The van der Waals surface area contributed by atoms with E-state index >= 15 is 0 Å². The number of nitrogens with zero attached hydrogens (tertiary/aromatic N) is 5. The van der Waals surface area contributed by atoms with Gasteiger partial charge in [-0.15, -0.1) is 5.10 Å². The predicted octanol–water partition coefficient (Wildman–Crippen LogP) is 2.54. The highest BCUT2D eigenvalue weighted by Crippen LogP contribution is 2.31. The van der Waals surface area contributed by atoms with Crippen molar-refractivity contribution in [3.8, 4) is 11.4 Å². The minimum absolute atomic E-state index is 0.328. The quantitative estimate of drug-likeness (QED) is 0.738. The van der Waals surface area contributed by atoms with Gasteiger partial charge in [-0.05, 0) is 30.9 Å². The summed E-state index contributed by atoms with van der Waals surface area (Å²) in [5.41, 5.74) is 2.60. The molecule has 122 valence electrons. The molecule has 1 aliphatic heterocycles. The lowest BCUT2D eigenvalue weighted by Crippen LogP contribution is -2.28. The van der Waals surface area contributed by atoms with Gasteiger partial charge in [-0.2, -0.15) is 0 Å². The first-order chi connectivity index (χ1) is 11.7. The molecule has 1 aliphatic rings. The zero-order chi connectivity index (χ0) is 16.5. The highest BCUT2D eigenvalue weighted by atomic mass is 32.2. The van der Waals surface area contributed by atoms with Gasteiger partial charge in [0.25, 0.3) is 0 Å². The van der Waals surface area contributed by atoms with Crippen LogP contribution in [0.25, 0.3) is 11.4 Å². The number of fused-ring (bicyclic) bond motifs is 1. The molecule has 6 nitrogen and oxygen atoms in total. The Balaban J connectivity index is 1.63. The maximum atomic E-state index is 13.9. The summed E-state index contributed by atoms with van der Waals surface area (Å²) < 4.78 is 13.9. The van der Waals surface area contributed by atoms with Gasteiger partial charge in [-0.1, -0.05) is 12.1 Å². The Labute approximate surface area is 142 Å². The zero-order valence-electron chi connectivity index (χ0n) is 13.0. The zero-order valence-corrected chi connectivity index (χ0v) is 13.8. The molecule has 0 unspecified atom stereocenters. The molecule has 4 rings (SSSR count). The minimum Gasteiger partial charge on any atom is -0.302 e. The second kappa shape index (κ2) is 6.29. The Bertz CT molecular complexity index is 881. The lowest BCUT2D eigenvalue weighted by atomic mass is 10.1. The molecule has 0 aliphatic carbocycles. The van der Waals surface area contributed by atoms with E-state index in [1.54, 1.807) is 24.5 Å². The van der Waals surface area contributed by atoms with Gasteiger partial charge in [0, 0.05) is 25.1 Å². The molecule has 3 heterocycles. The second-order valence-corrected chi connectivity index (χ2v) is 6.60. The molecule has 8 heteroatoms. The van der Waals surface area contributed by atoms with Crippen LogP contribution in [0.3, 0.4) is 0 Å². The van der Waals surface area contributed by atoms with E-state index in [-0.39, 0.29) is 5.82 Å². The molecule has 3 aromatic rings. The van der Waals surface area contributed by atoms with Crippen LogP contribution in [0.4, 0.5) is 4.39 Å². The summed E-state index contributed by atoms with van der Waals surface area (Å²) in [6.07, 6.45) is 2.49. The summed E-state index contributed by atoms with van der Waals surface area (Å²) in [6.45, 7) is 1.80. The molecular formula is C16H15FN6S. The molecule has 0 fully saturated rings. The van der Waals surface area contributed by atoms with Crippen LogP contribution in [-0.2, 0) is 13.0 Å². The van der Waals surface area contributed by atoms with Crippen molar-refractivity contribution >= 4 is 11.8 Å². The third-order valence-corrected chi connectivity index (χ3v) is 4.85. The van der Waals surface area contributed by atoms with Gasteiger partial charge < -0.3 is 4.90 Å². The smallest absolute Gasteiger partial charge is 0.215 e. The maximum absolute atomic E-state index is 13.9. The van der Waals surface area contributed by atoms with Crippen molar-refractivity contribution in [1.29, 1.82) is 0 Å². The Morgan fingerprint density at radius 1 is 1.25 bits per heavy atom. The number of hydrogen-bond acceptors (Lipinski definition) is 6. The molecule has 0 saturated heterocycles. The number of hydrogen-bond donors (Lipinski definition) is 1. The monoisotopic (exact) mass is 342 g/mol. The number of halogens is 1. The molecule has 1 aromatic carbocycles. The largest absolute Gasteiger partial charge is 0.302 e. The Hall–Kier alpha value is -2.32. The fraction of sp³-hybridized carbons (Fsp3) is 0.250. The van der Waals surface area contributed by atoms with Crippen LogP contribution in [0.15, 0.2) is 40.8 Å². The first kappa shape index (κ1) is 15.2. The first-order valence-electron chi connectivity index (χ1n) is 7.57. The molecule has 1 N–H and O–H groups in total. The highest BCUT2D eigenvalue weighted by Gasteiger charge is 2.20. The highest BCUT2D eigenvalue weighted by molar-refractivity contribution is 7.99. The molecule has 0 amide bonds. The van der Waals surface area contributed by atoms with E-state index in [2.05, 4.69) is 37.1 Å². The first-order valence-corrected chi connectivity index (χ1v) is 8.39. The van der Waals surface area contributed by atoms with Crippen molar-refractivity contribution in [1.82, 2.24) is 30.0 Å². The van der Waals surface area contributed by atoms with E-state index in [0.717, 1.165) is 35.8 Å². The Kier molecular flexibility index (Phi) is 3.99. The Morgan fingerprint density at radius 2 is 2.12 bits per heavy atom. The molecule has 0 radical (unpaired) electrons. The van der Waals surface area contributed by atoms with E-state index in [1.165, 1.54) is 17.8 Å². The number of rotatable bonds is 3. The molecule has 0 atom stereocenters. The summed E-state index contributed by atoms with van der Waals surface area (Å²) in [7, 11) is 2.08. The van der Waals surface area contributed by atoms with E-state index in [4.69, 9.17) is 0 Å². The van der Waals surface area contributed by atoms with E-state index in [0.29, 0.717) is 16.5 Å². The van der Waals surface area contributed by atoms with Crippen molar-refractivity contribution in [3.63, 3.8) is 0 Å². The van der Waals surface area contributed by atoms with Crippen molar-refractivity contribution in [2.75, 3.05) is 13.6 Å². The number of H-pyrrole nitrogens is 1. The van der Waals surface area contributed by atoms with Crippen LogP contribution in [0.5, 0.6) is 0 Å². The van der Waals surface area contributed by atoms with Crippen LogP contribution in [0.2, 0.25) is 0 Å². The molecule has 0 saturated carbocycles. The van der Waals surface area contributed by atoms with E-state index < -0.39 is 0 Å². The molecule has 0 bridgehead atoms. The number of likely N-dealkylation sites (N-methyl/N-ethyl adjacent to an activating group) is 1. The Morgan fingerprint density at radius 3 is 3.00 bits per heavy atom. The summed E-state index contributed by atoms with van der Waals surface area (Å²) in [5, 5.41) is 8.35. The predicted molar refractivity (Wildman–Crippen MR) is 88.0 cm³/mol. The van der Waals surface area contributed by atoms with Crippen LogP contribution >= 0.6 is 11.8 Å². The minimum atomic E-state index is -0.328. The van der Waals surface area contributed by atoms with Crippen molar-refractivity contribution < 1.29 is 4.39 Å². The van der Waals surface area contributed by atoms with Gasteiger partial charge in [0.2, 0.25) is 5.16 Å². The third kappa shape index (κ3) is 2.90. The summed E-state index contributed by atoms with van der Waals surface area (Å²) in [6, 6.07) is 6.49. The van der Waals surface area contributed by atoms with Gasteiger partial charge >= 0.3 is 0 Å². The molecule has 24 heavy (non-hydrogen) atoms. The number of aromatic nitrogens is 5. The average molecular weight is 342 g/mol. The number of aromatic amines is 1. The van der Waals surface area contributed by atoms with Crippen LogP contribution in [-0.4, -0.2) is 43.6 Å². The van der Waals surface area contributed by atoms with Gasteiger partial charge in [0.05, 0.1) is 11.3 Å². The van der Waals surface area contributed by atoms with Crippen LogP contribution in [0.1, 0.15) is 11.3 Å². The fourth-order valence-electron chi connectivity index (χ4n) is 2.69. The molecule has 0 spiro atoms. The SMILES string of the molecule is CN1CCc2ncnc(Sc3n[nH]c(-c4ccccc4F)n3)c2C1. The van der Waals surface area contributed by atoms with E-state index in [9.17, 15) is 4.39 Å². The van der Waals surface area contributed by atoms with Crippen molar-refractivity contribution in [3.05, 3.63) is 47.7 Å². The van der Waals surface area contributed by atoms with Gasteiger partial charge in [0.1, 0.15) is 17.2 Å². The summed E-state index contributed by atoms with van der Waals surface area (Å²) >= 11 is 1.37. The summed E-state index contributed by atoms with van der Waals surface area (Å²) in [4.78, 5) is 15.4. The lowest BCUT2D eigenvalue weighted by molar-refractivity contribution is 0.305. The third-order valence-electron chi connectivity index (χ3n) is 3.94. The number of benzene rings is 1. The topological polar surface area (TPSA) is 70.6 Å². The van der Waals surface area contributed by atoms with Crippen molar-refractivity contribution in [2.45, 2.75) is 23.1 Å². The molecule has 2 aromatic heterocycles. The van der Waals surface area contributed by atoms with Crippen LogP contribution in [0, 0.1) is 5.82 Å². The van der Waals surface area contributed by atoms with Crippen molar-refractivity contribution in [2.24, 2.45) is 0 Å². The molecular weight excluding hydrogens is 327 g/mol. The fourth-order valence-corrected chi connectivity index (χ4v) is 3.50. The number of nitrogens with one attached hydrogen (secondary N) is 1. The average Bonchev–Trinajstić information content (AvgIpc) is 3.04. The lowest BCUT2D eigenvalue weighted by Gasteiger charge is -2.24. The maximum Gasteiger partial charge on any atom is 0.215 e. The van der Waals surface area contributed by atoms with Gasteiger partial charge in [0.15, 0.2) is 5.82 Å². The van der Waals surface area contributed by atoms with Gasteiger partial charge in [-0.3, -0.25) is 5.10 Å². The van der Waals surface area contributed by atoms with Crippen LogP contribution < -0.4 is 0 Å². The van der Waals surface area contributed by atoms with Gasteiger partial charge in [-0.25, -0.2) is 19.3 Å². The normalized spacial score (nSPS) is 14.6. The second-order valence-electron chi connectivity index (χ2n) is 5.64. The van der Waals surface area contributed by atoms with E-state index in [1.807, 2.05) is 0 Å². The summed E-state index contributed by atoms with van der Waals surface area (Å²) in [5.74, 6) is 0.0851.